The second-order valence-corrected chi connectivity index (χ2v) is 6.29. The number of benzene rings is 1. The summed E-state index contributed by atoms with van der Waals surface area (Å²) in [7, 11) is 1.37. The zero-order valence-electron chi connectivity index (χ0n) is 14.3. The van der Waals surface area contributed by atoms with Gasteiger partial charge in [0.05, 0.1) is 41.5 Å². The van der Waals surface area contributed by atoms with Gasteiger partial charge in [-0.25, -0.2) is 9.78 Å². The second-order valence-electron chi connectivity index (χ2n) is 6.29. The van der Waals surface area contributed by atoms with E-state index in [1.54, 1.807) is 30.3 Å². The monoisotopic (exact) mass is 350 g/mol. The van der Waals surface area contributed by atoms with E-state index in [1.165, 1.54) is 7.11 Å². The minimum absolute atomic E-state index is 0.189. The van der Waals surface area contributed by atoms with Gasteiger partial charge in [-0.3, -0.25) is 14.8 Å². The minimum atomic E-state index is -0.362. The number of pyridine rings is 1. The standard InChI is InChI=1S/C19H18N4O3/c1-26-18(25)14-9-8-12(21-16(14)11-6-7-11)10-20-19-22-15-5-3-2-4-13(15)17(24)23-19/h2-5,8-9,11H,6-7,10H2,1H3,(H2,20,22,23,24). The number of rotatable bonds is 5. The van der Waals surface area contributed by atoms with E-state index in [2.05, 4.69) is 20.3 Å². The number of H-pyrrole nitrogens is 1. The molecule has 2 heterocycles. The minimum Gasteiger partial charge on any atom is -0.465 e. The molecule has 2 N–H and O–H groups in total. The predicted molar refractivity (Wildman–Crippen MR) is 97.2 cm³/mol. The van der Waals surface area contributed by atoms with E-state index in [0.717, 1.165) is 24.2 Å². The van der Waals surface area contributed by atoms with Crippen molar-refractivity contribution in [2.24, 2.45) is 0 Å². The van der Waals surface area contributed by atoms with Crippen molar-refractivity contribution in [3.63, 3.8) is 0 Å². The molecule has 0 saturated heterocycles. The lowest BCUT2D eigenvalue weighted by molar-refractivity contribution is 0.0598. The van der Waals surface area contributed by atoms with E-state index in [1.807, 2.05) is 6.07 Å². The normalized spacial score (nSPS) is 13.6. The molecule has 1 aromatic carbocycles. The summed E-state index contributed by atoms with van der Waals surface area (Å²) in [5.74, 6) is 0.350. The van der Waals surface area contributed by atoms with Crippen molar-refractivity contribution in [2.75, 3.05) is 12.4 Å². The van der Waals surface area contributed by atoms with Crippen LogP contribution in [-0.2, 0) is 11.3 Å². The number of para-hydroxylation sites is 1. The Morgan fingerprint density at radius 2 is 2.04 bits per heavy atom. The number of hydrogen-bond acceptors (Lipinski definition) is 6. The van der Waals surface area contributed by atoms with Crippen LogP contribution < -0.4 is 10.9 Å². The number of esters is 1. The summed E-state index contributed by atoms with van der Waals surface area (Å²) in [4.78, 5) is 35.8. The van der Waals surface area contributed by atoms with E-state index < -0.39 is 0 Å². The first-order chi connectivity index (χ1) is 12.7. The maximum atomic E-state index is 12.1. The number of fused-ring (bicyclic) bond motifs is 1. The fourth-order valence-corrected chi connectivity index (χ4v) is 2.91. The van der Waals surface area contributed by atoms with Crippen molar-refractivity contribution < 1.29 is 9.53 Å². The van der Waals surface area contributed by atoms with Crippen molar-refractivity contribution in [3.8, 4) is 0 Å². The Bertz CT molecular complexity index is 1040. The molecule has 1 saturated carbocycles. The SMILES string of the molecule is COC(=O)c1ccc(CNc2nc3ccccc3c(=O)[nH]2)nc1C1CC1. The highest BCUT2D eigenvalue weighted by Gasteiger charge is 2.30. The van der Waals surface area contributed by atoms with Gasteiger partial charge in [0.2, 0.25) is 5.95 Å². The molecule has 0 unspecified atom stereocenters. The fraction of sp³-hybridized carbons (Fsp3) is 0.263. The molecule has 26 heavy (non-hydrogen) atoms. The van der Waals surface area contributed by atoms with Crippen LogP contribution in [-0.4, -0.2) is 28.0 Å². The molecular weight excluding hydrogens is 332 g/mol. The maximum absolute atomic E-state index is 12.1. The van der Waals surface area contributed by atoms with E-state index in [0.29, 0.717) is 34.9 Å². The molecule has 2 aromatic heterocycles. The number of nitrogens with one attached hydrogen (secondary N) is 2. The topological polar surface area (TPSA) is 97.0 Å². The van der Waals surface area contributed by atoms with Gasteiger partial charge in [0.15, 0.2) is 0 Å². The summed E-state index contributed by atoms with van der Waals surface area (Å²) in [6, 6.07) is 10.7. The summed E-state index contributed by atoms with van der Waals surface area (Å²) < 4.78 is 4.83. The third kappa shape index (κ3) is 3.15. The molecule has 0 aliphatic heterocycles. The van der Waals surface area contributed by atoms with Crippen LogP contribution in [0.1, 0.15) is 40.5 Å². The van der Waals surface area contributed by atoms with Gasteiger partial charge in [-0.15, -0.1) is 0 Å². The predicted octanol–water partition coefficient (Wildman–Crippen LogP) is 2.59. The van der Waals surface area contributed by atoms with Crippen LogP contribution in [0, 0.1) is 0 Å². The first-order valence-electron chi connectivity index (χ1n) is 8.47. The lowest BCUT2D eigenvalue weighted by Crippen LogP contribution is -2.14. The number of carbonyl (C=O) groups excluding carboxylic acids is 1. The van der Waals surface area contributed by atoms with Crippen molar-refractivity contribution in [2.45, 2.75) is 25.3 Å². The lowest BCUT2D eigenvalue weighted by atomic mass is 10.1. The first kappa shape index (κ1) is 16.3. The molecule has 1 fully saturated rings. The van der Waals surface area contributed by atoms with Gasteiger partial charge in [-0.2, -0.15) is 0 Å². The Morgan fingerprint density at radius 1 is 1.23 bits per heavy atom. The summed E-state index contributed by atoms with van der Waals surface area (Å²) in [6.07, 6.45) is 2.07. The number of nitrogens with zero attached hydrogens (tertiary/aromatic N) is 2. The Kier molecular flexibility index (Phi) is 4.12. The largest absolute Gasteiger partial charge is 0.465 e. The van der Waals surface area contributed by atoms with Crippen molar-refractivity contribution in [1.82, 2.24) is 15.0 Å². The Hall–Kier alpha value is -3.22. The van der Waals surface area contributed by atoms with Gasteiger partial charge in [-0.1, -0.05) is 12.1 Å². The molecule has 7 heteroatoms. The summed E-state index contributed by atoms with van der Waals surface area (Å²) >= 11 is 0. The van der Waals surface area contributed by atoms with Crippen molar-refractivity contribution in [1.29, 1.82) is 0 Å². The molecule has 132 valence electrons. The van der Waals surface area contributed by atoms with Crippen molar-refractivity contribution in [3.05, 3.63) is 63.7 Å². The molecule has 0 amide bonds. The number of methoxy groups -OCH3 is 1. The number of hydrogen-bond donors (Lipinski definition) is 2. The molecule has 7 nitrogen and oxygen atoms in total. The molecular formula is C19H18N4O3. The zero-order chi connectivity index (χ0) is 18.1. The first-order valence-corrected chi connectivity index (χ1v) is 8.47. The van der Waals surface area contributed by atoms with E-state index in [9.17, 15) is 9.59 Å². The number of aromatic amines is 1. The third-order valence-electron chi connectivity index (χ3n) is 4.40. The Balaban J connectivity index is 1.57. The maximum Gasteiger partial charge on any atom is 0.339 e. The second kappa shape index (κ2) is 6.59. The number of anilines is 1. The van der Waals surface area contributed by atoms with Crippen LogP contribution in [0.2, 0.25) is 0 Å². The number of carbonyl (C=O) groups is 1. The third-order valence-corrected chi connectivity index (χ3v) is 4.40. The van der Waals surface area contributed by atoms with Crippen molar-refractivity contribution >= 4 is 22.8 Å². The Morgan fingerprint density at radius 3 is 2.81 bits per heavy atom. The van der Waals surface area contributed by atoms with Gasteiger partial charge < -0.3 is 10.1 Å². The Labute approximate surface area is 149 Å². The summed E-state index contributed by atoms with van der Waals surface area (Å²) in [5, 5.41) is 3.65. The molecule has 3 aromatic rings. The number of ether oxygens (including phenoxy) is 1. The van der Waals surface area contributed by atoms with E-state index >= 15 is 0 Å². The van der Waals surface area contributed by atoms with Crippen LogP contribution >= 0.6 is 0 Å². The van der Waals surface area contributed by atoms with Crippen LogP contribution in [0.25, 0.3) is 10.9 Å². The van der Waals surface area contributed by atoms with Gasteiger partial charge in [0, 0.05) is 5.92 Å². The fourth-order valence-electron chi connectivity index (χ4n) is 2.91. The van der Waals surface area contributed by atoms with Gasteiger partial charge in [0.25, 0.3) is 5.56 Å². The molecule has 0 bridgehead atoms. The van der Waals surface area contributed by atoms with Gasteiger partial charge in [-0.05, 0) is 37.1 Å². The van der Waals surface area contributed by atoms with Gasteiger partial charge >= 0.3 is 5.97 Å². The molecule has 0 radical (unpaired) electrons. The average molecular weight is 350 g/mol. The van der Waals surface area contributed by atoms with Crippen LogP contribution in [0.3, 0.4) is 0 Å². The quantitative estimate of drug-likeness (QED) is 0.687. The van der Waals surface area contributed by atoms with E-state index in [-0.39, 0.29) is 11.5 Å². The highest BCUT2D eigenvalue weighted by Crippen LogP contribution is 2.40. The summed E-state index contributed by atoms with van der Waals surface area (Å²) in [6.45, 7) is 0.391. The molecule has 1 aliphatic rings. The highest BCUT2D eigenvalue weighted by atomic mass is 16.5. The van der Waals surface area contributed by atoms with Crippen LogP contribution in [0.4, 0.5) is 5.95 Å². The lowest BCUT2D eigenvalue weighted by Gasteiger charge is -2.10. The van der Waals surface area contributed by atoms with E-state index in [4.69, 9.17) is 4.74 Å². The smallest absolute Gasteiger partial charge is 0.339 e. The summed E-state index contributed by atoms with van der Waals surface area (Å²) in [5.41, 5.74) is 2.53. The zero-order valence-corrected chi connectivity index (χ0v) is 14.3. The number of aromatic nitrogens is 3. The highest BCUT2D eigenvalue weighted by molar-refractivity contribution is 5.90. The van der Waals surface area contributed by atoms with Crippen LogP contribution in [0.15, 0.2) is 41.2 Å². The molecule has 0 spiro atoms. The van der Waals surface area contributed by atoms with Gasteiger partial charge in [0.1, 0.15) is 0 Å². The average Bonchev–Trinajstić information content (AvgIpc) is 3.51. The molecule has 1 aliphatic carbocycles. The molecule has 0 atom stereocenters. The molecule has 4 rings (SSSR count). The van der Waals surface area contributed by atoms with Crippen LogP contribution in [0.5, 0.6) is 0 Å².